The van der Waals surface area contributed by atoms with Gasteiger partial charge in [0.15, 0.2) is 0 Å². The summed E-state index contributed by atoms with van der Waals surface area (Å²) in [5.74, 6) is -1.43. The second-order valence-electron chi connectivity index (χ2n) is 9.67. The second kappa shape index (κ2) is 10.2. The number of carbonyl (C=O) groups excluding carboxylic acids is 4. The number of likely N-dealkylation sites (N-methyl/N-ethyl adjacent to an activating group) is 1. The molecule has 2 saturated heterocycles. The first kappa shape index (κ1) is 24.3. The summed E-state index contributed by atoms with van der Waals surface area (Å²) in [6.45, 7) is 4.69. The lowest BCUT2D eigenvalue weighted by Gasteiger charge is -2.48. The molecule has 0 aromatic heterocycles. The number of aliphatic hydroxyl groups is 1. The third kappa shape index (κ3) is 4.59. The number of fused-ring (bicyclic) bond motifs is 1. The highest BCUT2D eigenvalue weighted by atomic mass is 16.3. The van der Waals surface area contributed by atoms with Gasteiger partial charge in [-0.15, -0.1) is 0 Å². The molecule has 4 rings (SSSR count). The molecule has 1 atom stereocenters. The molecular formula is C25H34N4O5. The van der Waals surface area contributed by atoms with Crippen molar-refractivity contribution in [1.29, 1.82) is 0 Å². The summed E-state index contributed by atoms with van der Waals surface area (Å²) in [5, 5.41) is 11.7. The highest BCUT2D eigenvalue weighted by Gasteiger charge is 2.43. The van der Waals surface area contributed by atoms with Gasteiger partial charge in [0.25, 0.3) is 11.8 Å². The van der Waals surface area contributed by atoms with Crippen molar-refractivity contribution in [1.82, 2.24) is 15.1 Å². The highest BCUT2D eigenvalue weighted by molar-refractivity contribution is 6.23. The SMILES string of the molecule is CNC(=O)C(CCC=O)N1C(=O)c2ccc(N3CCCC4(CCN(CCO)CC4)C3)cc2C1=O. The molecule has 0 aliphatic carbocycles. The molecule has 34 heavy (non-hydrogen) atoms. The molecule has 3 aliphatic heterocycles. The zero-order valence-corrected chi connectivity index (χ0v) is 19.8. The fourth-order valence-electron chi connectivity index (χ4n) is 5.73. The average Bonchev–Trinajstić information content (AvgIpc) is 3.10. The first-order chi connectivity index (χ1) is 16.4. The van der Waals surface area contributed by atoms with Crippen LogP contribution in [0.2, 0.25) is 0 Å². The monoisotopic (exact) mass is 470 g/mol. The van der Waals surface area contributed by atoms with Gasteiger partial charge in [0, 0.05) is 38.8 Å². The molecule has 0 saturated carbocycles. The van der Waals surface area contributed by atoms with Gasteiger partial charge in [0.05, 0.1) is 17.7 Å². The van der Waals surface area contributed by atoms with E-state index < -0.39 is 23.8 Å². The van der Waals surface area contributed by atoms with Crippen molar-refractivity contribution in [2.45, 2.75) is 44.6 Å². The van der Waals surface area contributed by atoms with Crippen LogP contribution in [0.25, 0.3) is 0 Å². The number of benzene rings is 1. The minimum absolute atomic E-state index is 0.0857. The number of likely N-dealkylation sites (tertiary alicyclic amines) is 1. The number of amides is 3. The Labute approximate surface area is 200 Å². The zero-order chi connectivity index (χ0) is 24.3. The van der Waals surface area contributed by atoms with Crippen LogP contribution in [0.5, 0.6) is 0 Å². The molecular weight excluding hydrogens is 436 g/mol. The van der Waals surface area contributed by atoms with Gasteiger partial charge in [-0.1, -0.05) is 0 Å². The topological polar surface area (TPSA) is 110 Å². The van der Waals surface area contributed by atoms with Crippen molar-refractivity contribution < 1.29 is 24.3 Å². The number of aldehydes is 1. The summed E-state index contributed by atoms with van der Waals surface area (Å²) in [4.78, 5) is 55.2. The third-order valence-corrected chi connectivity index (χ3v) is 7.68. The van der Waals surface area contributed by atoms with Crippen LogP contribution in [-0.2, 0) is 9.59 Å². The van der Waals surface area contributed by atoms with Crippen LogP contribution in [0.15, 0.2) is 18.2 Å². The van der Waals surface area contributed by atoms with Crippen molar-refractivity contribution in [2.75, 3.05) is 51.3 Å². The third-order valence-electron chi connectivity index (χ3n) is 7.68. The number of rotatable bonds is 8. The second-order valence-corrected chi connectivity index (χ2v) is 9.67. The lowest BCUT2D eigenvalue weighted by molar-refractivity contribution is -0.124. The number of nitrogens with zero attached hydrogens (tertiary/aromatic N) is 3. The number of carbonyl (C=O) groups is 4. The summed E-state index contributed by atoms with van der Waals surface area (Å²) < 4.78 is 0. The van der Waals surface area contributed by atoms with Crippen LogP contribution < -0.4 is 10.2 Å². The Balaban J connectivity index is 1.53. The molecule has 9 heteroatoms. The molecule has 9 nitrogen and oxygen atoms in total. The summed E-state index contributed by atoms with van der Waals surface area (Å²) in [6, 6.07) is 4.37. The first-order valence-corrected chi connectivity index (χ1v) is 12.2. The van der Waals surface area contributed by atoms with E-state index >= 15 is 0 Å². The minimum atomic E-state index is -1.01. The quantitative estimate of drug-likeness (QED) is 0.432. The fourth-order valence-corrected chi connectivity index (χ4v) is 5.73. The molecule has 1 aromatic rings. The Morgan fingerprint density at radius 1 is 1.15 bits per heavy atom. The number of piperidine rings is 2. The normalized spacial score (nSPS) is 21.0. The number of nitrogens with one attached hydrogen (secondary N) is 1. The van der Waals surface area contributed by atoms with Crippen LogP contribution in [0.3, 0.4) is 0 Å². The van der Waals surface area contributed by atoms with Crippen molar-refractivity contribution in [3.8, 4) is 0 Å². The molecule has 0 bridgehead atoms. The van der Waals surface area contributed by atoms with Gasteiger partial charge < -0.3 is 25.0 Å². The van der Waals surface area contributed by atoms with E-state index in [0.29, 0.717) is 17.4 Å². The number of hydrogen-bond acceptors (Lipinski definition) is 7. The van der Waals surface area contributed by atoms with E-state index in [1.165, 1.54) is 13.5 Å². The lowest BCUT2D eigenvalue weighted by Crippen LogP contribution is -2.50. The summed E-state index contributed by atoms with van der Waals surface area (Å²) in [7, 11) is 1.45. The Bertz CT molecular complexity index is 957. The minimum Gasteiger partial charge on any atom is -0.395 e. The number of aliphatic hydroxyl groups excluding tert-OH is 1. The van der Waals surface area contributed by atoms with Gasteiger partial charge in [-0.2, -0.15) is 0 Å². The average molecular weight is 471 g/mol. The Morgan fingerprint density at radius 2 is 1.88 bits per heavy atom. The largest absolute Gasteiger partial charge is 0.395 e. The van der Waals surface area contributed by atoms with Crippen LogP contribution in [0.1, 0.15) is 59.2 Å². The number of anilines is 1. The van der Waals surface area contributed by atoms with Crippen LogP contribution >= 0.6 is 0 Å². The fraction of sp³-hybridized carbons (Fsp3) is 0.600. The molecule has 3 aliphatic rings. The zero-order valence-electron chi connectivity index (χ0n) is 19.8. The summed E-state index contributed by atoms with van der Waals surface area (Å²) in [6.07, 6.45) is 5.30. The van der Waals surface area contributed by atoms with Crippen molar-refractivity contribution in [3.05, 3.63) is 29.3 Å². The summed E-state index contributed by atoms with van der Waals surface area (Å²) >= 11 is 0. The highest BCUT2D eigenvalue weighted by Crippen LogP contribution is 2.41. The molecule has 3 heterocycles. The van der Waals surface area contributed by atoms with Gasteiger partial charge in [-0.05, 0) is 68.8 Å². The van der Waals surface area contributed by atoms with Crippen molar-refractivity contribution >= 4 is 29.7 Å². The van der Waals surface area contributed by atoms with Crippen LogP contribution in [-0.4, -0.2) is 91.3 Å². The number of hydrogen-bond donors (Lipinski definition) is 2. The van der Waals surface area contributed by atoms with E-state index in [1.54, 1.807) is 12.1 Å². The maximum atomic E-state index is 13.3. The van der Waals surface area contributed by atoms with E-state index in [0.717, 1.165) is 62.6 Å². The Kier molecular flexibility index (Phi) is 7.33. The summed E-state index contributed by atoms with van der Waals surface area (Å²) in [5.41, 5.74) is 1.77. The van der Waals surface area contributed by atoms with E-state index in [2.05, 4.69) is 15.1 Å². The van der Waals surface area contributed by atoms with Gasteiger partial charge in [-0.3, -0.25) is 19.3 Å². The smallest absolute Gasteiger partial charge is 0.262 e. The van der Waals surface area contributed by atoms with Gasteiger partial charge in [0.2, 0.25) is 5.91 Å². The van der Waals surface area contributed by atoms with Gasteiger partial charge in [-0.25, -0.2) is 0 Å². The number of β-amino-alcohol motifs (C(OH)–C–C–N with tert-alkyl or cyclic N) is 1. The Hall–Kier alpha value is -2.78. The Morgan fingerprint density at radius 3 is 2.56 bits per heavy atom. The molecule has 0 radical (unpaired) electrons. The van der Waals surface area contributed by atoms with E-state index in [4.69, 9.17) is 0 Å². The van der Waals surface area contributed by atoms with Crippen LogP contribution in [0, 0.1) is 5.41 Å². The maximum absolute atomic E-state index is 13.3. The molecule has 3 amide bonds. The van der Waals surface area contributed by atoms with Crippen molar-refractivity contribution in [3.63, 3.8) is 0 Å². The lowest BCUT2D eigenvalue weighted by atomic mass is 9.72. The van der Waals surface area contributed by atoms with Crippen LogP contribution in [0.4, 0.5) is 5.69 Å². The molecule has 1 spiro atoms. The first-order valence-electron chi connectivity index (χ1n) is 12.2. The predicted octanol–water partition coefficient (Wildman–Crippen LogP) is 1.05. The maximum Gasteiger partial charge on any atom is 0.262 e. The molecule has 2 fully saturated rings. The molecule has 2 N–H and O–H groups in total. The van der Waals surface area contributed by atoms with E-state index in [1.807, 2.05) is 6.07 Å². The van der Waals surface area contributed by atoms with E-state index in [9.17, 15) is 24.3 Å². The van der Waals surface area contributed by atoms with E-state index in [-0.39, 0.29) is 24.9 Å². The molecule has 184 valence electrons. The standard InChI is InChI=1S/C25H34N4O5/c1-26-22(32)21(4-2-14-30)29-23(33)19-6-5-18(16-20(19)24(29)34)28-10-3-7-25(17-28)8-11-27(12-9-25)13-15-31/h5-6,14,16,21,31H,2-4,7-13,15,17H2,1H3,(H,26,32). The predicted molar refractivity (Wildman–Crippen MR) is 127 cm³/mol. The van der Waals surface area contributed by atoms with Gasteiger partial charge >= 0.3 is 0 Å². The molecule has 1 unspecified atom stereocenters. The van der Waals surface area contributed by atoms with Crippen molar-refractivity contribution in [2.24, 2.45) is 5.41 Å². The van der Waals surface area contributed by atoms with Gasteiger partial charge in [0.1, 0.15) is 12.3 Å². The molecule has 1 aromatic carbocycles. The number of imide groups is 1.